The van der Waals surface area contributed by atoms with E-state index in [2.05, 4.69) is 20.6 Å². The van der Waals surface area contributed by atoms with Crippen molar-refractivity contribution in [2.24, 2.45) is 0 Å². The minimum atomic E-state index is -1.10. The second-order valence-corrected chi connectivity index (χ2v) is 4.25. The summed E-state index contributed by atoms with van der Waals surface area (Å²) in [7, 11) is 0. The van der Waals surface area contributed by atoms with Gasteiger partial charge in [-0.1, -0.05) is 12.1 Å². The Bertz CT molecular complexity index is 796. The Balaban J connectivity index is 2.05. The highest BCUT2D eigenvalue weighted by Gasteiger charge is 2.06. The quantitative estimate of drug-likeness (QED) is 0.744. The summed E-state index contributed by atoms with van der Waals surface area (Å²) in [4.78, 5) is 10.7. The number of hydrogen-bond acceptors (Lipinski definition) is 4. The van der Waals surface area contributed by atoms with Crippen LogP contribution in [0, 0.1) is 6.92 Å². The number of carboxylic acid groups (broad SMARTS) is 1. The predicted molar refractivity (Wildman–Crippen MR) is 72.6 cm³/mol. The normalized spacial score (nSPS) is 10.7. The molecule has 2 N–H and O–H groups in total. The average Bonchev–Trinajstić information content (AvgIpc) is 2.80. The maximum atomic E-state index is 10.7. The van der Waals surface area contributed by atoms with Gasteiger partial charge in [-0.2, -0.15) is 9.61 Å². The van der Waals surface area contributed by atoms with Gasteiger partial charge in [-0.25, -0.2) is 4.79 Å². The van der Waals surface area contributed by atoms with Gasteiger partial charge < -0.3 is 5.11 Å². The third-order valence-corrected chi connectivity index (χ3v) is 2.83. The Hall–Kier alpha value is -2.96. The molecule has 2 aromatic heterocycles. The zero-order valence-corrected chi connectivity index (χ0v) is 10.6. The number of hydrogen-bond donors (Lipinski definition) is 2. The van der Waals surface area contributed by atoms with Crippen molar-refractivity contribution in [1.82, 2.24) is 19.8 Å². The summed E-state index contributed by atoms with van der Waals surface area (Å²) in [5.74, 6) is 0.696. The van der Waals surface area contributed by atoms with E-state index < -0.39 is 6.09 Å². The van der Waals surface area contributed by atoms with Crippen molar-refractivity contribution in [3.05, 3.63) is 42.2 Å². The van der Waals surface area contributed by atoms with Gasteiger partial charge in [0.05, 0.1) is 5.69 Å². The van der Waals surface area contributed by atoms with Crippen molar-refractivity contribution < 1.29 is 9.90 Å². The van der Waals surface area contributed by atoms with Gasteiger partial charge in [0.15, 0.2) is 11.5 Å². The van der Waals surface area contributed by atoms with Crippen LogP contribution in [0.3, 0.4) is 0 Å². The van der Waals surface area contributed by atoms with Crippen LogP contribution in [0.25, 0.3) is 16.9 Å². The van der Waals surface area contributed by atoms with E-state index in [0.29, 0.717) is 17.2 Å². The first-order valence-corrected chi connectivity index (χ1v) is 5.93. The molecule has 100 valence electrons. The fourth-order valence-corrected chi connectivity index (χ4v) is 1.93. The monoisotopic (exact) mass is 269 g/mol. The van der Waals surface area contributed by atoms with E-state index >= 15 is 0 Å². The summed E-state index contributed by atoms with van der Waals surface area (Å²) < 4.78 is 1.65. The zero-order chi connectivity index (χ0) is 14.1. The lowest BCUT2D eigenvalue weighted by molar-refractivity contribution is 0.210. The molecule has 0 fully saturated rings. The summed E-state index contributed by atoms with van der Waals surface area (Å²) in [6, 6.07) is 10.7. The molecule has 0 bridgehead atoms. The van der Waals surface area contributed by atoms with Gasteiger partial charge in [-0.05, 0) is 31.2 Å². The van der Waals surface area contributed by atoms with E-state index in [4.69, 9.17) is 5.11 Å². The van der Waals surface area contributed by atoms with Crippen LogP contribution in [0.1, 0.15) is 5.82 Å². The molecule has 0 atom stereocenters. The Morgan fingerprint density at radius 2 is 2.10 bits per heavy atom. The highest BCUT2D eigenvalue weighted by Crippen LogP contribution is 2.21. The van der Waals surface area contributed by atoms with Gasteiger partial charge in [0.25, 0.3) is 0 Å². The summed E-state index contributed by atoms with van der Waals surface area (Å²) in [5.41, 5.74) is 2.70. The van der Waals surface area contributed by atoms with Crippen LogP contribution in [0.2, 0.25) is 0 Å². The van der Waals surface area contributed by atoms with E-state index in [9.17, 15) is 4.79 Å². The first kappa shape index (κ1) is 12.1. The van der Waals surface area contributed by atoms with E-state index in [-0.39, 0.29) is 0 Å². The molecule has 0 spiro atoms. The molecule has 3 rings (SSSR count). The van der Waals surface area contributed by atoms with Crippen molar-refractivity contribution in [2.45, 2.75) is 6.92 Å². The molecular formula is C13H11N5O2. The molecule has 3 aromatic rings. The zero-order valence-electron chi connectivity index (χ0n) is 10.6. The molecular weight excluding hydrogens is 258 g/mol. The topological polar surface area (TPSA) is 92.4 Å². The van der Waals surface area contributed by atoms with Crippen LogP contribution >= 0.6 is 0 Å². The first-order chi connectivity index (χ1) is 9.63. The number of aryl methyl sites for hydroxylation is 1. The molecule has 7 heteroatoms. The Labute approximate surface area is 113 Å². The molecule has 0 radical (unpaired) electrons. The molecule has 1 aromatic carbocycles. The van der Waals surface area contributed by atoms with Crippen molar-refractivity contribution >= 4 is 17.4 Å². The molecule has 0 aliphatic rings. The fraction of sp³-hybridized carbons (Fsp3) is 0.0769. The molecule has 0 aliphatic heterocycles. The molecule has 0 saturated heterocycles. The average molecular weight is 269 g/mol. The molecule has 1 amide bonds. The number of amides is 1. The van der Waals surface area contributed by atoms with Gasteiger partial charge in [0.2, 0.25) is 0 Å². The Morgan fingerprint density at radius 3 is 2.90 bits per heavy atom. The van der Waals surface area contributed by atoms with Crippen LogP contribution in [0.5, 0.6) is 0 Å². The number of rotatable bonds is 2. The molecule has 0 unspecified atom stereocenters. The number of anilines is 1. The summed E-state index contributed by atoms with van der Waals surface area (Å²) in [6.45, 7) is 1.82. The number of nitrogens with zero attached hydrogens (tertiary/aromatic N) is 4. The van der Waals surface area contributed by atoms with Crippen LogP contribution < -0.4 is 5.32 Å². The lowest BCUT2D eigenvalue weighted by atomic mass is 10.1. The molecule has 0 saturated carbocycles. The van der Waals surface area contributed by atoms with Crippen molar-refractivity contribution in [3.8, 4) is 11.3 Å². The fourth-order valence-electron chi connectivity index (χ4n) is 1.93. The first-order valence-electron chi connectivity index (χ1n) is 5.93. The van der Waals surface area contributed by atoms with Gasteiger partial charge in [0, 0.05) is 11.3 Å². The van der Waals surface area contributed by atoms with Crippen LogP contribution in [-0.4, -0.2) is 31.0 Å². The maximum absolute atomic E-state index is 10.7. The second-order valence-electron chi connectivity index (χ2n) is 4.25. The van der Waals surface area contributed by atoms with Crippen molar-refractivity contribution in [1.29, 1.82) is 0 Å². The van der Waals surface area contributed by atoms with Gasteiger partial charge in [0.1, 0.15) is 0 Å². The van der Waals surface area contributed by atoms with Crippen LogP contribution in [-0.2, 0) is 0 Å². The number of aromatic nitrogens is 4. The molecule has 2 heterocycles. The van der Waals surface area contributed by atoms with Gasteiger partial charge in [-0.15, -0.1) is 10.2 Å². The lowest BCUT2D eigenvalue weighted by Crippen LogP contribution is -2.07. The van der Waals surface area contributed by atoms with Crippen LogP contribution in [0.4, 0.5) is 10.5 Å². The number of nitrogens with one attached hydrogen (secondary N) is 1. The minimum absolute atomic E-state index is 0.498. The number of benzene rings is 1. The van der Waals surface area contributed by atoms with E-state index in [0.717, 1.165) is 11.3 Å². The van der Waals surface area contributed by atoms with Crippen molar-refractivity contribution in [3.63, 3.8) is 0 Å². The summed E-state index contributed by atoms with van der Waals surface area (Å²) >= 11 is 0. The van der Waals surface area contributed by atoms with E-state index in [1.54, 1.807) is 22.7 Å². The summed E-state index contributed by atoms with van der Waals surface area (Å²) in [5, 5.41) is 23.4. The largest absolute Gasteiger partial charge is 0.465 e. The second kappa shape index (κ2) is 4.61. The van der Waals surface area contributed by atoms with Crippen molar-refractivity contribution in [2.75, 3.05) is 5.32 Å². The maximum Gasteiger partial charge on any atom is 0.409 e. The van der Waals surface area contributed by atoms with Gasteiger partial charge in [-0.3, -0.25) is 5.32 Å². The lowest BCUT2D eigenvalue weighted by Gasteiger charge is -2.05. The SMILES string of the molecule is Cc1nnc2ccc(-c3cccc(NC(=O)O)c3)nn12. The number of fused-ring (bicyclic) bond motifs is 1. The number of carbonyl (C=O) groups is 1. The van der Waals surface area contributed by atoms with E-state index in [1.807, 2.05) is 25.1 Å². The Kier molecular flexibility index (Phi) is 2.79. The third-order valence-electron chi connectivity index (χ3n) is 2.83. The van der Waals surface area contributed by atoms with Crippen LogP contribution in [0.15, 0.2) is 36.4 Å². The minimum Gasteiger partial charge on any atom is -0.465 e. The summed E-state index contributed by atoms with van der Waals surface area (Å²) in [6.07, 6.45) is -1.10. The molecule has 20 heavy (non-hydrogen) atoms. The van der Waals surface area contributed by atoms with E-state index in [1.165, 1.54) is 0 Å². The van der Waals surface area contributed by atoms with Gasteiger partial charge >= 0.3 is 6.09 Å². The molecule has 0 aliphatic carbocycles. The standard InChI is InChI=1S/C13H11N5O2/c1-8-15-16-12-6-5-11(17-18(8)12)9-3-2-4-10(7-9)14-13(19)20/h2-7,14H,1H3,(H,19,20). The highest BCUT2D eigenvalue weighted by atomic mass is 16.4. The highest BCUT2D eigenvalue weighted by molar-refractivity contribution is 5.84. The smallest absolute Gasteiger partial charge is 0.409 e. The third kappa shape index (κ3) is 2.16. The predicted octanol–water partition coefficient (Wildman–Crippen LogP) is 2.19. The molecule has 7 nitrogen and oxygen atoms in total. The Morgan fingerprint density at radius 1 is 1.25 bits per heavy atom.